The van der Waals surface area contributed by atoms with Crippen LogP contribution < -0.4 is 4.74 Å². The molecule has 3 aromatic rings. The van der Waals surface area contributed by atoms with Crippen molar-refractivity contribution >= 4 is 17.7 Å². The highest BCUT2D eigenvalue weighted by Crippen LogP contribution is 2.37. The molecule has 1 atom stereocenters. The van der Waals surface area contributed by atoms with E-state index in [1.165, 1.54) is 11.8 Å². The summed E-state index contributed by atoms with van der Waals surface area (Å²) in [5.74, 6) is 0.686. The van der Waals surface area contributed by atoms with Crippen molar-refractivity contribution in [2.75, 3.05) is 33.4 Å². The monoisotopic (exact) mass is 425 g/mol. The van der Waals surface area contributed by atoms with Crippen molar-refractivity contribution < 1.29 is 14.3 Å². The summed E-state index contributed by atoms with van der Waals surface area (Å²) in [6, 6.07) is 15.5. The Labute approximate surface area is 179 Å². The predicted octanol–water partition coefficient (Wildman–Crippen LogP) is 2.67. The molecule has 4 rings (SSSR count). The number of tetrazole rings is 1. The van der Waals surface area contributed by atoms with Gasteiger partial charge in [-0.3, -0.25) is 4.79 Å². The van der Waals surface area contributed by atoms with Gasteiger partial charge < -0.3 is 14.4 Å². The van der Waals surface area contributed by atoms with Crippen LogP contribution in [0, 0.1) is 6.92 Å². The molecule has 1 aromatic heterocycles. The highest BCUT2D eigenvalue weighted by atomic mass is 32.2. The minimum atomic E-state index is -0.468. The van der Waals surface area contributed by atoms with Gasteiger partial charge in [-0.05, 0) is 40.6 Å². The Kier molecular flexibility index (Phi) is 6.29. The smallest absolute Gasteiger partial charge is 0.240 e. The third kappa shape index (κ3) is 4.31. The number of ether oxygens (including phenoxy) is 2. The van der Waals surface area contributed by atoms with Gasteiger partial charge in [0.05, 0.1) is 20.3 Å². The molecule has 0 aliphatic carbocycles. The number of rotatable bonds is 6. The molecule has 2 aromatic carbocycles. The van der Waals surface area contributed by atoms with Crippen LogP contribution in [0.25, 0.3) is 5.69 Å². The number of aromatic nitrogens is 4. The Balaban J connectivity index is 1.69. The lowest BCUT2D eigenvalue weighted by Crippen LogP contribution is -2.42. The highest BCUT2D eigenvalue weighted by molar-refractivity contribution is 8.00. The number of aryl methyl sites for hydroxylation is 1. The molecular formula is C21H23N5O3S. The van der Waals surface area contributed by atoms with E-state index >= 15 is 0 Å². The van der Waals surface area contributed by atoms with Crippen molar-refractivity contribution in [3.8, 4) is 11.4 Å². The SMILES string of the molecule is COc1ccc(C)cc1-n1nnnc1S[C@@H](C(=O)N1CCOCC1)c1ccccc1. The van der Waals surface area contributed by atoms with Crippen molar-refractivity contribution in [1.82, 2.24) is 25.1 Å². The molecule has 0 N–H and O–H groups in total. The molecule has 1 aliphatic heterocycles. The second kappa shape index (κ2) is 9.27. The van der Waals surface area contributed by atoms with Gasteiger partial charge in [0.15, 0.2) is 0 Å². The number of carbonyl (C=O) groups is 1. The molecule has 156 valence electrons. The van der Waals surface area contributed by atoms with Gasteiger partial charge in [0.1, 0.15) is 16.7 Å². The molecule has 8 nitrogen and oxygen atoms in total. The van der Waals surface area contributed by atoms with Crippen LogP contribution in [0.5, 0.6) is 5.75 Å². The molecule has 9 heteroatoms. The fraction of sp³-hybridized carbons (Fsp3) is 0.333. The summed E-state index contributed by atoms with van der Waals surface area (Å²) < 4.78 is 12.5. The van der Waals surface area contributed by atoms with Gasteiger partial charge >= 0.3 is 0 Å². The van der Waals surface area contributed by atoms with E-state index < -0.39 is 5.25 Å². The largest absolute Gasteiger partial charge is 0.494 e. The summed E-state index contributed by atoms with van der Waals surface area (Å²) >= 11 is 1.34. The molecule has 0 unspecified atom stereocenters. The molecule has 1 saturated heterocycles. The summed E-state index contributed by atoms with van der Waals surface area (Å²) in [6.45, 7) is 4.26. The van der Waals surface area contributed by atoms with Gasteiger partial charge in [-0.2, -0.15) is 4.68 Å². The van der Waals surface area contributed by atoms with Crippen molar-refractivity contribution in [2.24, 2.45) is 0 Å². The minimum Gasteiger partial charge on any atom is -0.494 e. The van der Waals surface area contributed by atoms with Crippen LogP contribution >= 0.6 is 11.8 Å². The molecule has 0 bridgehead atoms. The molecule has 2 heterocycles. The fourth-order valence-electron chi connectivity index (χ4n) is 3.31. The van der Waals surface area contributed by atoms with Crippen molar-refractivity contribution in [2.45, 2.75) is 17.3 Å². The third-order valence-electron chi connectivity index (χ3n) is 4.88. The van der Waals surface area contributed by atoms with E-state index in [1.807, 2.05) is 60.4 Å². The van der Waals surface area contributed by atoms with Crippen molar-refractivity contribution in [3.05, 3.63) is 59.7 Å². The molecule has 0 radical (unpaired) electrons. The van der Waals surface area contributed by atoms with E-state index in [4.69, 9.17) is 9.47 Å². The maximum atomic E-state index is 13.4. The van der Waals surface area contributed by atoms with Crippen LogP contribution in [0.1, 0.15) is 16.4 Å². The summed E-state index contributed by atoms with van der Waals surface area (Å²) in [6.07, 6.45) is 0. The third-order valence-corrected chi connectivity index (χ3v) is 6.05. The Morgan fingerprint density at radius 2 is 1.93 bits per heavy atom. The highest BCUT2D eigenvalue weighted by Gasteiger charge is 2.30. The number of morpholine rings is 1. The van der Waals surface area contributed by atoms with Gasteiger partial charge in [-0.25, -0.2) is 0 Å². The second-order valence-electron chi connectivity index (χ2n) is 6.89. The van der Waals surface area contributed by atoms with Crippen molar-refractivity contribution in [3.63, 3.8) is 0 Å². The lowest BCUT2D eigenvalue weighted by Gasteiger charge is -2.30. The summed E-state index contributed by atoms with van der Waals surface area (Å²) in [7, 11) is 1.61. The van der Waals surface area contributed by atoms with E-state index in [9.17, 15) is 4.79 Å². The minimum absolute atomic E-state index is 0.0280. The van der Waals surface area contributed by atoms with Gasteiger partial charge in [0, 0.05) is 13.1 Å². The Morgan fingerprint density at radius 3 is 2.67 bits per heavy atom. The molecule has 1 aliphatic rings. The first kappa shape index (κ1) is 20.4. The Bertz CT molecular complexity index is 1000. The zero-order chi connectivity index (χ0) is 20.9. The first-order valence-electron chi connectivity index (χ1n) is 9.69. The summed E-state index contributed by atoms with van der Waals surface area (Å²) in [5, 5.41) is 12.3. The van der Waals surface area contributed by atoms with Gasteiger partial charge in [-0.1, -0.05) is 48.2 Å². The van der Waals surface area contributed by atoms with E-state index in [-0.39, 0.29) is 5.91 Å². The maximum absolute atomic E-state index is 13.4. The van der Waals surface area contributed by atoms with Gasteiger partial charge in [-0.15, -0.1) is 5.10 Å². The van der Waals surface area contributed by atoms with Crippen molar-refractivity contribution in [1.29, 1.82) is 0 Å². The molecule has 0 saturated carbocycles. The molecule has 1 amide bonds. The summed E-state index contributed by atoms with van der Waals surface area (Å²) in [5.41, 5.74) is 2.70. The van der Waals surface area contributed by atoms with E-state index in [2.05, 4.69) is 15.5 Å². The Hall–Kier alpha value is -2.91. The Morgan fingerprint density at radius 1 is 1.17 bits per heavy atom. The normalized spacial score (nSPS) is 15.1. The lowest BCUT2D eigenvalue weighted by atomic mass is 10.1. The fourth-order valence-corrected chi connectivity index (χ4v) is 4.39. The first-order chi connectivity index (χ1) is 14.7. The number of methoxy groups -OCH3 is 1. The maximum Gasteiger partial charge on any atom is 0.240 e. The predicted molar refractivity (Wildman–Crippen MR) is 113 cm³/mol. The average molecular weight is 426 g/mol. The van der Waals surface area contributed by atoms with Crippen LogP contribution in [-0.4, -0.2) is 64.4 Å². The zero-order valence-electron chi connectivity index (χ0n) is 16.9. The number of hydrogen-bond acceptors (Lipinski definition) is 7. The average Bonchev–Trinajstić information content (AvgIpc) is 3.26. The van der Waals surface area contributed by atoms with Crippen LogP contribution in [0.4, 0.5) is 0 Å². The number of nitrogens with zero attached hydrogens (tertiary/aromatic N) is 5. The molecular weight excluding hydrogens is 402 g/mol. The quantitative estimate of drug-likeness (QED) is 0.562. The van der Waals surface area contributed by atoms with Crippen LogP contribution in [0.3, 0.4) is 0 Å². The van der Waals surface area contributed by atoms with E-state index in [0.717, 1.165) is 16.8 Å². The standard InChI is InChI=1S/C21H23N5O3S/c1-15-8-9-18(28-2)17(14-15)26-21(22-23-24-26)30-19(16-6-4-3-5-7-16)20(27)25-10-12-29-13-11-25/h3-9,14,19H,10-13H2,1-2H3/t19-/m1/s1. The number of hydrogen-bond donors (Lipinski definition) is 0. The molecule has 1 fully saturated rings. The topological polar surface area (TPSA) is 82.4 Å². The summed E-state index contributed by atoms with van der Waals surface area (Å²) in [4.78, 5) is 15.2. The van der Waals surface area contributed by atoms with Crippen LogP contribution in [0.2, 0.25) is 0 Å². The van der Waals surface area contributed by atoms with Crippen LogP contribution in [0.15, 0.2) is 53.7 Å². The zero-order valence-corrected chi connectivity index (χ0v) is 17.7. The van der Waals surface area contributed by atoms with Gasteiger partial charge in [0.25, 0.3) is 0 Å². The first-order valence-corrected chi connectivity index (χ1v) is 10.6. The molecule has 0 spiro atoms. The number of carbonyl (C=O) groups excluding carboxylic acids is 1. The number of amides is 1. The van der Waals surface area contributed by atoms with Crippen LogP contribution in [-0.2, 0) is 9.53 Å². The second-order valence-corrected chi connectivity index (χ2v) is 7.97. The van der Waals surface area contributed by atoms with E-state index in [1.54, 1.807) is 11.8 Å². The number of benzene rings is 2. The lowest BCUT2D eigenvalue weighted by molar-refractivity contribution is -0.134. The molecule has 30 heavy (non-hydrogen) atoms. The number of thioether (sulfide) groups is 1. The van der Waals surface area contributed by atoms with E-state index in [0.29, 0.717) is 37.2 Å². The van der Waals surface area contributed by atoms with Gasteiger partial charge in [0.2, 0.25) is 11.1 Å².